The van der Waals surface area contributed by atoms with Crippen LogP contribution in [0.5, 0.6) is 0 Å². The molecule has 1 aromatic carbocycles. The first-order chi connectivity index (χ1) is 10.5. The first-order valence-electron chi connectivity index (χ1n) is 6.84. The number of ether oxygens (including phenoxy) is 1. The number of benzene rings is 1. The van der Waals surface area contributed by atoms with Crippen LogP contribution in [0.15, 0.2) is 41.6 Å². The van der Waals surface area contributed by atoms with Crippen LogP contribution in [0, 0.1) is 0 Å². The Morgan fingerprint density at radius 3 is 2.73 bits per heavy atom. The zero-order chi connectivity index (χ0) is 15.7. The minimum atomic E-state index is -3.61. The van der Waals surface area contributed by atoms with E-state index >= 15 is 0 Å². The molecule has 2 aromatic rings. The van der Waals surface area contributed by atoms with Crippen molar-refractivity contribution in [2.45, 2.75) is 23.5 Å². The first-order valence-corrected chi connectivity index (χ1v) is 8.70. The summed E-state index contributed by atoms with van der Waals surface area (Å²) in [5.41, 5.74) is 0.904. The molecule has 0 spiro atoms. The highest BCUT2D eigenvalue weighted by atomic mass is 35.5. The lowest BCUT2D eigenvalue weighted by Crippen LogP contribution is -2.36. The van der Waals surface area contributed by atoms with Gasteiger partial charge in [-0.25, -0.2) is 13.1 Å². The fourth-order valence-electron chi connectivity index (χ4n) is 2.50. The summed E-state index contributed by atoms with van der Waals surface area (Å²) in [7, 11) is -1.94. The van der Waals surface area contributed by atoms with E-state index < -0.39 is 10.0 Å². The van der Waals surface area contributed by atoms with Gasteiger partial charge in [-0.05, 0) is 24.1 Å². The van der Waals surface area contributed by atoms with E-state index in [1.807, 2.05) is 12.1 Å². The third-order valence-electron chi connectivity index (χ3n) is 3.59. The summed E-state index contributed by atoms with van der Waals surface area (Å²) in [5.74, 6) is 0. The summed E-state index contributed by atoms with van der Waals surface area (Å²) in [6.07, 6.45) is 3.10. The van der Waals surface area contributed by atoms with Gasteiger partial charge in [0, 0.05) is 24.9 Å². The lowest BCUT2D eigenvalue weighted by Gasteiger charge is -2.19. The second-order valence-electron chi connectivity index (χ2n) is 5.21. The van der Waals surface area contributed by atoms with Crippen LogP contribution in [0.25, 0.3) is 0 Å². The van der Waals surface area contributed by atoms with E-state index in [-0.39, 0.29) is 17.0 Å². The van der Waals surface area contributed by atoms with Crippen LogP contribution in [0.2, 0.25) is 5.02 Å². The third kappa shape index (κ3) is 3.17. The van der Waals surface area contributed by atoms with Crippen molar-refractivity contribution in [3.63, 3.8) is 0 Å². The van der Waals surface area contributed by atoms with Crippen molar-refractivity contribution < 1.29 is 13.2 Å². The number of nitrogens with zero attached hydrogens (tertiary/aromatic N) is 2. The molecule has 0 aliphatic carbocycles. The molecule has 1 saturated heterocycles. The number of nitrogens with one attached hydrogen (secondary N) is 1. The number of halogens is 1. The standard InChI is InChI=1S/C14H16ClN3O3S/c1-18-9-12(8-16-18)22(19,20)17-13-6-7-21-14(13)10-2-4-11(15)5-3-10/h2-5,8-9,13-14,17H,6-7H2,1H3/t13-,14-/m0/s1. The van der Waals surface area contributed by atoms with E-state index in [0.717, 1.165) is 5.56 Å². The second kappa shape index (κ2) is 6.00. The van der Waals surface area contributed by atoms with Gasteiger partial charge in [0.1, 0.15) is 4.90 Å². The summed E-state index contributed by atoms with van der Waals surface area (Å²) in [6.45, 7) is 0.507. The molecule has 1 N–H and O–H groups in total. The van der Waals surface area contributed by atoms with Gasteiger partial charge in [-0.15, -0.1) is 0 Å². The number of aromatic nitrogens is 2. The molecule has 1 aliphatic rings. The molecule has 1 aliphatic heterocycles. The highest BCUT2D eigenvalue weighted by Gasteiger charge is 2.33. The third-order valence-corrected chi connectivity index (χ3v) is 5.28. The molecule has 1 aromatic heterocycles. The van der Waals surface area contributed by atoms with Crippen LogP contribution in [-0.4, -0.2) is 30.8 Å². The van der Waals surface area contributed by atoms with Crippen molar-refractivity contribution in [2.24, 2.45) is 7.05 Å². The van der Waals surface area contributed by atoms with Gasteiger partial charge in [0.25, 0.3) is 0 Å². The molecule has 1 fully saturated rings. The van der Waals surface area contributed by atoms with Gasteiger partial charge in [0.15, 0.2) is 0 Å². The monoisotopic (exact) mass is 341 g/mol. The quantitative estimate of drug-likeness (QED) is 0.921. The van der Waals surface area contributed by atoms with Crippen LogP contribution in [0.3, 0.4) is 0 Å². The Kier molecular flexibility index (Phi) is 4.22. The van der Waals surface area contributed by atoms with Crippen molar-refractivity contribution in [1.82, 2.24) is 14.5 Å². The number of aryl methyl sites for hydroxylation is 1. The van der Waals surface area contributed by atoms with Crippen LogP contribution < -0.4 is 4.72 Å². The second-order valence-corrected chi connectivity index (χ2v) is 7.36. The van der Waals surface area contributed by atoms with Gasteiger partial charge >= 0.3 is 0 Å². The van der Waals surface area contributed by atoms with Crippen LogP contribution in [-0.2, 0) is 21.8 Å². The summed E-state index contributed by atoms with van der Waals surface area (Å²) < 4.78 is 34.6. The lowest BCUT2D eigenvalue weighted by molar-refractivity contribution is 0.102. The molecular weight excluding hydrogens is 326 g/mol. The van der Waals surface area contributed by atoms with Crippen molar-refractivity contribution in [3.05, 3.63) is 47.2 Å². The predicted octanol–water partition coefficient (Wildman–Crippen LogP) is 1.88. The summed E-state index contributed by atoms with van der Waals surface area (Å²) in [6, 6.07) is 6.93. The number of rotatable bonds is 4. The highest BCUT2D eigenvalue weighted by molar-refractivity contribution is 7.89. The molecule has 3 rings (SSSR count). The molecule has 0 amide bonds. The molecule has 0 saturated carbocycles. The molecule has 0 unspecified atom stereocenters. The topological polar surface area (TPSA) is 73.2 Å². The van der Waals surface area contributed by atoms with Gasteiger partial charge in [-0.1, -0.05) is 23.7 Å². The Labute approximate surface area is 134 Å². The summed E-state index contributed by atoms with van der Waals surface area (Å²) in [5, 5.41) is 4.53. The van der Waals surface area contributed by atoms with Gasteiger partial charge in [0.05, 0.1) is 18.3 Å². The van der Waals surface area contributed by atoms with Gasteiger partial charge in [-0.3, -0.25) is 4.68 Å². The summed E-state index contributed by atoms with van der Waals surface area (Å²) in [4.78, 5) is 0.150. The average molecular weight is 342 g/mol. The molecule has 2 atom stereocenters. The predicted molar refractivity (Wildman–Crippen MR) is 82.1 cm³/mol. The van der Waals surface area contributed by atoms with E-state index in [9.17, 15) is 8.42 Å². The van der Waals surface area contributed by atoms with Gasteiger partial charge in [0.2, 0.25) is 10.0 Å². The highest BCUT2D eigenvalue weighted by Crippen LogP contribution is 2.30. The molecule has 22 heavy (non-hydrogen) atoms. The Bertz CT molecular complexity index is 758. The molecule has 118 valence electrons. The molecule has 6 nitrogen and oxygen atoms in total. The van der Waals surface area contributed by atoms with Crippen molar-refractivity contribution >= 4 is 21.6 Å². The Morgan fingerprint density at radius 2 is 2.09 bits per heavy atom. The number of hydrogen-bond acceptors (Lipinski definition) is 4. The van der Waals surface area contributed by atoms with E-state index in [0.29, 0.717) is 18.1 Å². The first kappa shape index (κ1) is 15.5. The van der Waals surface area contributed by atoms with Gasteiger partial charge < -0.3 is 4.74 Å². The summed E-state index contributed by atoms with van der Waals surface area (Å²) >= 11 is 5.88. The van der Waals surface area contributed by atoms with Gasteiger partial charge in [-0.2, -0.15) is 5.10 Å². The van der Waals surface area contributed by atoms with Crippen molar-refractivity contribution in [1.29, 1.82) is 0 Å². The largest absolute Gasteiger partial charge is 0.372 e. The fraction of sp³-hybridized carbons (Fsp3) is 0.357. The van der Waals surface area contributed by atoms with Crippen LogP contribution >= 0.6 is 11.6 Å². The minimum Gasteiger partial charge on any atom is -0.372 e. The van der Waals surface area contributed by atoms with Crippen LogP contribution in [0.1, 0.15) is 18.1 Å². The zero-order valence-electron chi connectivity index (χ0n) is 11.9. The molecule has 0 bridgehead atoms. The number of hydrogen-bond donors (Lipinski definition) is 1. The molecular formula is C14H16ClN3O3S. The molecule has 0 radical (unpaired) electrons. The van der Waals surface area contributed by atoms with Crippen LogP contribution in [0.4, 0.5) is 0 Å². The maximum atomic E-state index is 12.4. The SMILES string of the molecule is Cn1cc(S(=O)(=O)N[C@H]2CCO[C@H]2c2ccc(Cl)cc2)cn1. The lowest BCUT2D eigenvalue weighted by atomic mass is 10.0. The Hall–Kier alpha value is -1.41. The maximum absolute atomic E-state index is 12.4. The van der Waals surface area contributed by atoms with E-state index in [1.165, 1.54) is 17.1 Å². The average Bonchev–Trinajstić information content (AvgIpc) is 3.09. The minimum absolute atomic E-state index is 0.150. The number of sulfonamides is 1. The maximum Gasteiger partial charge on any atom is 0.244 e. The molecule has 2 heterocycles. The fourth-order valence-corrected chi connectivity index (χ4v) is 3.88. The van der Waals surface area contributed by atoms with Crippen molar-refractivity contribution in [2.75, 3.05) is 6.61 Å². The van der Waals surface area contributed by atoms with E-state index in [4.69, 9.17) is 16.3 Å². The van der Waals surface area contributed by atoms with E-state index in [2.05, 4.69) is 9.82 Å². The van der Waals surface area contributed by atoms with E-state index in [1.54, 1.807) is 19.2 Å². The zero-order valence-corrected chi connectivity index (χ0v) is 13.5. The normalized spacial score (nSPS) is 22.1. The Morgan fingerprint density at radius 1 is 1.36 bits per heavy atom. The van der Waals surface area contributed by atoms with Crippen molar-refractivity contribution in [3.8, 4) is 0 Å². The smallest absolute Gasteiger partial charge is 0.244 e. The Balaban J connectivity index is 1.80. The molecule has 8 heteroatoms.